The SMILES string of the molecule is COc1cc(/C=C2/C(C)=C(CNC(=O)Cc3ccccc3)c3cc(F)ccc32)cc(OC)c1OC(=O)N1CCN(C)CC1. The number of fused-ring (bicyclic) bond motifs is 1. The van der Waals surface area contributed by atoms with Gasteiger partial charge >= 0.3 is 6.09 Å². The first-order valence-corrected chi connectivity index (χ1v) is 14.2. The Bertz CT molecular complexity index is 1550. The van der Waals surface area contributed by atoms with Gasteiger partial charge in [-0.3, -0.25) is 4.79 Å². The summed E-state index contributed by atoms with van der Waals surface area (Å²) in [6.45, 7) is 4.91. The second-order valence-corrected chi connectivity index (χ2v) is 10.7. The maximum atomic E-state index is 14.4. The van der Waals surface area contributed by atoms with Crippen molar-refractivity contribution in [1.29, 1.82) is 0 Å². The van der Waals surface area contributed by atoms with Crippen molar-refractivity contribution in [3.05, 3.63) is 94.3 Å². The van der Waals surface area contributed by atoms with Crippen LogP contribution in [0.4, 0.5) is 9.18 Å². The first kappa shape index (κ1) is 29.8. The zero-order valence-corrected chi connectivity index (χ0v) is 24.9. The molecule has 0 spiro atoms. The molecule has 43 heavy (non-hydrogen) atoms. The predicted molar refractivity (Wildman–Crippen MR) is 165 cm³/mol. The molecule has 3 aromatic carbocycles. The van der Waals surface area contributed by atoms with E-state index in [-0.39, 0.29) is 30.4 Å². The van der Waals surface area contributed by atoms with Gasteiger partial charge in [0, 0.05) is 32.7 Å². The lowest BCUT2D eigenvalue weighted by Crippen LogP contribution is -2.48. The van der Waals surface area contributed by atoms with Crippen molar-refractivity contribution in [2.45, 2.75) is 13.3 Å². The van der Waals surface area contributed by atoms with Crippen LogP contribution in [0.3, 0.4) is 0 Å². The molecule has 2 aliphatic rings. The number of methoxy groups -OCH3 is 2. The largest absolute Gasteiger partial charge is 0.493 e. The molecule has 1 heterocycles. The first-order chi connectivity index (χ1) is 20.8. The summed E-state index contributed by atoms with van der Waals surface area (Å²) in [5, 5.41) is 3.00. The number of ether oxygens (including phenoxy) is 3. The Morgan fingerprint density at radius 2 is 1.60 bits per heavy atom. The summed E-state index contributed by atoms with van der Waals surface area (Å²) >= 11 is 0. The standard InChI is InChI=1S/C34H36FN3O5/c1-22-27(26-11-10-25(35)20-28(26)29(22)21-36-32(39)19-23-8-6-5-7-9-23)16-24-17-30(41-3)33(31(18-24)42-4)43-34(40)38-14-12-37(2)13-15-38/h5-11,16-18,20H,12-15,19,21H2,1-4H3,(H,36,39)/b27-16-. The molecule has 1 N–H and O–H groups in total. The Morgan fingerprint density at radius 3 is 2.26 bits per heavy atom. The third-order valence-electron chi connectivity index (χ3n) is 7.87. The molecule has 1 aliphatic carbocycles. The number of carbonyl (C=O) groups is 2. The van der Waals surface area contributed by atoms with Crippen molar-refractivity contribution in [2.75, 3.05) is 54.0 Å². The highest BCUT2D eigenvalue weighted by atomic mass is 19.1. The Kier molecular flexibility index (Phi) is 9.11. The van der Waals surface area contributed by atoms with Crippen LogP contribution < -0.4 is 19.5 Å². The number of benzene rings is 3. The van der Waals surface area contributed by atoms with Gasteiger partial charge in [-0.15, -0.1) is 0 Å². The Balaban J connectivity index is 1.42. The van der Waals surface area contributed by atoms with E-state index < -0.39 is 6.09 Å². The molecule has 0 bridgehead atoms. The van der Waals surface area contributed by atoms with E-state index in [0.717, 1.165) is 52.1 Å². The summed E-state index contributed by atoms with van der Waals surface area (Å²) in [6.07, 6.45) is 1.76. The van der Waals surface area contributed by atoms with Crippen LogP contribution in [0.2, 0.25) is 0 Å². The van der Waals surface area contributed by atoms with Crippen molar-refractivity contribution >= 4 is 29.2 Å². The number of nitrogens with one attached hydrogen (secondary N) is 1. The molecule has 0 radical (unpaired) electrons. The number of hydrogen-bond acceptors (Lipinski definition) is 6. The highest BCUT2D eigenvalue weighted by Gasteiger charge is 2.27. The van der Waals surface area contributed by atoms with Gasteiger partial charge in [-0.2, -0.15) is 0 Å². The summed E-state index contributed by atoms with van der Waals surface area (Å²) in [5.74, 6) is 0.440. The second kappa shape index (κ2) is 13.1. The van der Waals surface area contributed by atoms with Crippen molar-refractivity contribution in [3.63, 3.8) is 0 Å². The first-order valence-electron chi connectivity index (χ1n) is 14.2. The fourth-order valence-electron chi connectivity index (χ4n) is 5.40. The van der Waals surface area contributed by atoms with Gasteiger partial charge in [0.1, 0.15) is 5.82 Å². The summed E-state index contributed by atoms with van der Waals surface area (Å²) in [7, 11) is 5.03. The molecular formula is C34H36FN3O5. The highest BCUT2D eigenvalue weighted by molar-refractivity contribution is 6.06. The fourth-order valence-corrected chi connectivity index (χ4v) is 5.40. The molecule has 1 aliphatic heterocycles. The molecule has 0 atom stereocenters. The van der Waals surface area contributed by atoms with E-state index in [1.807, 2.05) is 50.4 Å². The topological polar surface area (TPSA) is 80.3 Å². The summed E-state index contributed by atoms with van der Waals surface area (Å²) in [5.41, 5.74) is 5.91. The summed E-state index contributed by atoms with van der Waals surface area (Å²) < 4.78 is 31.4. The molecule has 0 aromatic heterocycles. The zero-order valence-electron chi connectivity index (χ0n) is 24.9. The van der Waals surface area contributed by atoms with E-state index >= 15 is 0 Å². The minimum atomic E-state index is -0.458. The average molecular weight is 586 g/mol. The predicted octanol–water partition coefficient (Wildman–Crippen LogP) is 5.28. The molecule has 5 rings (SSSR count). The van der Waals surface area contributed by atoms with Gasteiger partial charge in [-0.05, 0) is 83.3 Å². The van der Waals surface area contributed by atoms with E-state index in [1.165, 1.54) is 26.4 Å². The number of allylic oxidation sites excluding steroid dienone is 2. The maximum Gasteiger partial charge on any atom is 0.415 e. The highest BCUT2D eigenvalue weighted by Crippen LogP contribution is 2.44. The summed E-state index contributed by atoms with van der Waals surface area (Å²) in [4.78, 5) is 29.4. The normalized spacial score (nSPS) is 15.8. The van der Waals surface area contributed by atoms with Crippen molar-refractivity contribution < 1.29 is 28.2 Å². The smallest absolute Gasteiger partial charge is 0.415 e. The maximum absolute atomic E-state index is 14.4. The van der Waals surface area contributed by atoms with Gasteiger partial charge in [0.25, 0.3) is 0 Å². The average Bonchev–Trinajstić information content (AvgIpc) is 3.26. The van der Waals surface area contributed by atoms with Crippen molar-refractivity contribution in [1.82, 2.24) is 15.1 Å². The van der Waals surface area contributed by atoms with Gasteiger partial charge in [-0.1, -0.05) is 36.4 Å². The lowest BCUT2D eigenvalue weighted by atomic mass is 10.00. The van der Waals surface area contributed by atoms with E-state index in [2.05, 4.69) is 10.2 Å². The number of likely N-dealkylation sites (N-methyl/N-ethyl adjacent to an activating group) is 1. The Morgan fingerprint density at radius 1 is 0.930 bits per heavy atom. The van der Waals surface area contributed by atoms with E-state index in [4.69, 9.17) is 14.2 Å². The van der Waals surface area contributed by atoms with Crippen LogP contribution in [0, 0.1) is 5.82 Å². The number of rotatable bonds is 8. The second-order valence-electron chi connectivity index (χ2n) is 10.7. The molecule has 9 heteroatoms. The van der Waals surface area contributed by atoms with Gasteiger partial charge < -0.3 is 29.3 Å². The zero-order chi connectivity index (χ0) is 30.5. The molecule has 1 saturated heterocycles. The molecule has 0 saturated carbocycles. The monoisotopic (exact) mass is 585 g/mol. The van der Waals surface area contributed by atoms with Gasteiger partial charge in [0.05, 0.1) is 20.6 Å². The minimum absolute atomic E-state index is 0.113. The molecule has 0 unspecified atom stereocenters. The van der Waals surface area contributed by atoms with E-state index in [0.29, 0.717) is 24.6 Å². The minimum Gasteiger partial charge on any atom is -0.493 e. The lowest BCUT2D eigenvalue weighted by Gasteiger charge is -2.31. The molecule has 224 valence electrons. The van der Waals surface area contributed by atoms with Crippen LogP contribution >= 0.6 is 0 Å². The molecule has 2 amide bonds. The number of piperazine rings is 1. The number of nitrogens with zero attached hydrogens (tertiary/aromatic N) is 2. The van der Waals surface area contributed by atoms with Crippen molar-refractivity contribution in [3.8, 4) is 17.2 Å². The summed E-state index contributed by atoms with van der Waals surface area (Å²) in [6, 6.07) is 17.8. The molecule has 8 nitrogen and oxygen atoms in total. The van der Waals surface area contributed by atoms with E-state index in [9.17, 15) is 14.0 Å². The fraction of sp³-hybridized carbons (Fsp3) is 0.294. The van der Waals surface area contributed by atoms with Crippen LogP contribution in [0.5, 0.6) is 17.2 Å². The Hall–Kier alpha value is -4.63. The lowest BCUT2D eigenvalue weighted by molar-refractivity contribution is -0.120. The van der Waals surface area contributed by atoms with Crippen LogP contribution in [0.1, 0.15) is 29.2 Å². The number of carbonyl (C=O) groups excluding carboxylic acids is 2. The van der Waals surface area contributed by atoms with Crippen LogP contribution in [-0.4, -0.2) is 75.8 Å². The third-order valence-corrected chi connectivity index (χ3v) is 7.87. The van der Waals surface area contributed by atoms with Crippen LogP contribution in [0.25, 0.3) is 17.2 Å². The number of halogens is 1. The van der Waals surface area contributed by atoms with E-state index in [1.54, 1.807) is 23.1 Å². The molecule has 3 aromatic rings. The van der Waals surface area contributed by atoms with Gasteiger partial charge in [-0.25, -0.2) is 9.18 Å². The molecule has 1 fully saturated rings. The quantitative estimate of drug-likeness (QED) is 0.388. The Labute approximate surface area is 251 Å². The number of hydrogen-bond donors (Lipinski definition) is 1. The van der Waals surface area contributed by atoms with Crippen molar-refractivity contribution in [2.24, 2.45) is 0 Å². The molecular weight excluding hydrogens is 549 g/mol. The van der Waals surface area contributed by atoms with Crippen LogP contribution in [0.15, 0.2) is 66.2 Å². The van der Waals surface area contributed by atoms with Gasteiger partial charge in [0.15, 0.2) is 11.5 Å². The van der Waals surface area contributed by atoms with Gasteiger partial charge in [0.2, 0.25) is 11.7 Å². The number of amides is 2. The third kappa shape index (κ3) is 6.73. The van der Waals surface area contributed by atoms with Crippen LogP contribution in [-0.2, 0) is 11.2 Å².